The van der Waals surface area contributed by atoms with Crippen LogP contribution >= 0.6 is 0 Å². The van der Waals surface area contributed by atoms with Gasteiger partial charge in [-0.25, -0.2) is 0 Å². The second-order valence-corrected chi connectivity index (χ2v) is 5.51. The lowest BCUT2D eigenvalue weighted by Gasteiger charge is -2.33. The minimum atomic E-state index is -4.30. The van der Waals surface area contributed by atoms with E-state index < -0.39 is 11.7 Å². The molecule has 0 saturated carbocycles. The Kier molecular flexibility index (Phi) is 4.70. The predicted molar refractivity (Wildman–Crippen MR) is 71.1 cm³/mol. The molecule has 0 amide bonds. The van der Waals surface area contributed by atoms with E-state index in [9.17, 15) is 18.3 Å². The number of likely N-dealkylation sites (tertiary alicyclic amines) is 1. The zero-order chi connectivity index (χ0) is 14.8. The van der Waals surface area contributed by atoms with Gasteiger partial charge in [-0.15, -0.1) is 0 Å². The Hall–Kier alpha value is -1.07. The van der Waals surface area contributed by atoms with Gasteiger partial charge in [0.05, 0.1) is 11.7 Å². The standard InChI is InChI=1S/C15H20F3NO/c1-11(20)12-6-8-19(9-7-12)10-13-4-2-3-5-14(13)15(16,17)18/h2-5,11-12,20H,6-10H2,1H3/t11-/m0/s1. The summed E-state index contributed by atoms with van der Waals surface area (Å²) in [6, 6.07) is 5.75. The number of aliphatic hydroxyl groups excluding tert-OH is 1. The number of halogens is 3. The third-order valence-electron chi connectivity index (χ3n) is 4.03. The molecular weight excluding hydrogens is 267 g/mol. The van der Waals surface area contributed by atoms with Gasteiger partial charge < -0.3 is 5.11 Å². The van der Waals surface area contributed by atoms with Crippen LogP contribution in [-0.4, -0.2) is 29.2 Å². The first kappa shape index (κ1) is 15.3. The van der Waals surface area contributed by atoms with E-state index >= 15 is 0 Å². The number of hydrogen-bond acceptors (Lipinski definition) is 2. The van der Waals surface area contributed by atoms with Crippen LogP contribution in [0.2, 0.25) is 0 Å². The summed E-state index contributed by atoms with van der Waals surface area (Å²) in [6.45, 7) is 3.57. The highest BCUT2D eigenvalue weighted by atomic mass is 19.4. The highest BCUT2D eigenvalue weighted by Gasteiger charge is 2.33. The van der Waals surface area contributed by atoms with Crippen molar-refractivity contribution in [2.24, 2.45) is 5.92 Å². The molecule has 5 heteroatoms. The molecule has 1 fully saturated rings. The average Bonchev–Trinajstić information content (AvgIpc) is 2.38. The van der Waals surface area contributed by atoms with Crippen molar-refractivity contribution in [3.63, 3.8) is 0 Å². The molecule has 0 bridgehead atoms. The Balaban J connectivity index is 2.02. The lowest BCUT2D eigenvalue weighted by atomic mass is 9.92. The summed E-state index contributed by atoms with van der Waals surface area (Å²) >= 11 is 0. The van der Waals surface area contributed by atoms with Crippen molar-refractivity contribution in [1.82, 2.24) is 4.90 Å². The molecule has 1 aliphatic rings. The summed E-state index contributed by atoms with van der Waals surface area (Å²) in [4.78, 5) is 2.03. The molecule has 1 aromatic rings. The van der Waals surface area contributed by atoms with Gasteiger partial charge >= 0.3 is 6.18 Å². The van der Waals surface area contributed by atoms with E-state index in [0.717, 1.165) is 32.0 Å². The number of benzene rings is 1. The second kappa shape index (κ2) is 6.14. The van der Waals surface area contributed by atoms with E-state index in [4.69, 9.17) is 0 Å². The first-order valence-corrected chi connectivity index (χ1v) is 6.93. The van der Waals surface area contributed by atoms with Crippen molar-refractivity contribution in [2.75, 3.05) is 13.1 Å². The molecule has 1 atom stereocenters. The molecule has 0 spiro atoms. The van der Waals surface area contributed by atoms with Gasteiger partial charge in [-0.05, 0) is 50.4 Å². The van der Waals surface area contributed by atoms with Gasteiger partial charge in [-0.2, -0.15) is 13.2 Å². The smallest absolute Gasteiger partial charge is 0.393 e. The van der Waals surface area contributed by atoms with Crippen molar-refractivity contribution in [1.29, 1.82) is 0 Å². The zero-order valence-corrected chi connectivity index (χ0v) is 11.5. The van der Waals surface area contributed by atoms with Gasteiger partial charge in [0.25, 0.3) is 0 Å². The maximum Gasteiger partial charge on any atom is 0.416 e. The van der Waals surface area contributed by atoms with Gasteiger partial charge in [0.1, 0.15) is 0 Å². The molecule has 1 N–H and O–H groups in total. The van der Waals surface area contributed by atoms with E-state index in [1.54, 1.807) is 19.1 Å². The normalized spacial score (nSPS) is 20.1. The predicted octanol–water partition coefficient (Wildman–Crippen LogP) is 3.30. The average molecular weight is 287 g/mol. The van der Waals surface area contributed by atoms with Crippen molar-refractivity contribution >= 4 is 0 Å². The fourth-order valence-corrected chi connectivity index (χ4v) is 2.77. The van der Waals surface area contributed by atoms with Crippen LogP contribution in [0.15, 0.2) is 24.3 Å². The minimum absolute atomic E-state index is 0.268. The third-order valence-corrected chi connectivity index (χ3v) is 4.03. The first-order valence-electron chi connectivity index (χ1n) is 6.93. The molecule has 20 heavy (non-hydrogen) atoms. The van der Waals surface area contributed by atoms with E-state index in [1.807, 2.05) is 4.90 Å². The van der Waals surface area contributed by atoms with Crippen LogP contribution in [0.4, 0.5) is 13.2 Å². The van der Waals surface area contributed by atoms with Crippen molar-refractivity contribution in [3.8, 4) is 0 Å². The second-order valence-electron chi connectivity index (χ2n) is 5.51. The quantitative estimate of drug-likeness (QED) is 0.922. The van der Waals surface area contributed by atoms with Crippen LogP contribution in [0.1, 0.15) is 30.9 Å². The molecule has 0 unspecified atom stereocenters. The van der Waals surface area contributed by atoms with E-state index in [1.165, 1.54) is 6.07 Å². The van der Waals surface area contributed by atoms with Gasteiger partial charge in [-0.1, -0.05) is 18.2 Å². The zero-order valence-electron chi connectivity index (χ0n) is 11.5. The Morgan fingerprint density at radius 3 is 2.40 bits per heavy atom. The fraction of sp³-hybridized carbons (Fsp3) is 0.600. The van der Waals surface area contributed by atoms with Crippen molar-refractivity contribution in [3.05, 3.63) is 35.4 Å². The van der Waals surface area contributed by atoms with Crippen LogP contribution < -0.4 is 0 Å². The molecule has 1 heterocycles. The van der Waals surface area contributed by atoms with Crippen LogP contribution in [0.25, 0.3) is 0 Å². The van der Waals surface area contributed by atoms with Crippen molar-refractivity contribution in [2.45, 2.75) is 38.6 Å². The SMILES string of the molecule is C[C@H](O)C1CCN(Cc2ccccc2C(F)(F)F)CC1. The summed E-state index contributed by atoms with van der Waals surface area (Å²) in [5.41, 5.74) is -0.215. The first-order chi connectivity index (χ1) is 9.38. The molecular formula is C15H20F3NO. The summed E-state index contributed by atoms with van der Waals surface area (Å²) in [5.74, 6) is 0.268. The molecule has 0 aliphatic carbocycles. The van der Waals surface area contributed by atoms with Crippen LogP contribution in [0.3, 0.4) is 0 Å². The van der Waals surface area contributed by atoms with Gasteiger partial charge in [0, 0.05) is 6.54 Å². The number of piperidine rings is 1. The Bertz CT molecular complexity index is 437. The number of aliphatic hydroxyl groups is 1. The Labute approximate surface area is 117 Å². The molecule has 0 radical (unpaired) electrons. The van der Waals surface area contributed by atoms with Crippen LogP contribution in [0.5, 0.6) is 0 Å². The van der Waals surface area contributed by atoms with E-state index in [0.29, 0.717) is 12.1 Å². The van der Waals surface area contributed by atoms with Crippen LogP contribution in [-0.2, 0) is 12.7 Å². The summed E-state index contributed by atoms with van der Waals surface area (Å²) in [5, 5.41) is 9.54. The molecule has 2 rings (SSSR count). The minimum Gasteiger partial charge on any atom is -0.393 e. The lowest BCUT2D eigenvalue weighted by molar-refractivity contribution is -0.138. The van der Waals surface area contributed by atoms with Gasteiger partial charge in [0.2, 0.25) is 0 Å². The topological polar surface area (TPSA) is 23.5 Å². The fourth-order valence-electron chi connectivity index (χ4n) is 2.77. The van der Waals surface area contributed by atoms with Gasteiger partial charge in [0.15, 0.2) is 0 Å². The molecule has 0 aromatic heterocycles. The largest absolute Gasteiger partial charge is 0.416 e. The molecule has 1 aliphatic heterocycles. The van der Waals surface area contributed by atoms with E-state index in [-0.39, 0.29) is 12.0 Å². The number of hydrogen-bond donors (Lipinski definition) is 1. The summed E-state index contributed by atoms with van der Waals surface area (Å²) in [6.07, 6.45) is -2.95. The molecule has 1 saturated heterocycles. The number of nitrogens with zero attached hydrogens (tertiary/aromatic N) is 1. The van der Waals surface area contributed by atoms with Crippen LogP contribution in [0, 0.1) is 5.92 Å². The van der Waals surface area contributed by atoms with Gasteiger partial charge in [-0.3, -0.25) is 4.90 Å². The summed E-state index contributed by atoms with van der Waals surface area (Å²) < 4.78 is 38.8. The Morgan fingerprint density at radius 2 is 1.85 bits per heavy atom. The monoisotopic (exact) mass is 287 g/mol. The molecule has 112 valence electrons. The lowest BCUT2D eigenvalue weighted by Crippen LogP contribution is -2.36. The maximum absolute atomic E-state index is 12.9. The highest BCUT2D eigenvalue weighted by Crippen LogP contribution is 2.33. The third kappa shape index (κ3) is 3.73. The summed E-state index contributed by atoms with van der Waals surface area (Å²) in [7, 11) is 0. The molecule has 2 nitrogen and oxygen atoms in total. The maximum atomic E-state index is 12.9. The number of alkyl halides is 3. The highest BCUT2D eigenvalue weighted by molar-refractivity contribution is 5.29. The molecule has 1 aromatic carbocycles. The number of rotatable bonds is 3. The van der Waals surface area contributed by atoms with E-state index in [2.05, 4.69) is 0 Å². The van der Waals surface area contributed by atoms with Crippen molar-refractivity contribution < 1.29 is 18.3 Å². The Morgan fingerprint density at radius 1 is 1.25 bits per heavy atom.